The number of ether oxygens (including phenoxy) is 1. The number of rotatable bonds is 7. The van der Waals surface area contributed by atoms with Crippen molar-refractivity contribution in [1.82, 2.24) is 5.32 Å². The van der Waals surface area contributed by atoms with Crippen molar-refractivity contribution in [3.63, 3.8) is 0 Å². The smallest absolute Gasteiger partial charge is 0.0587 e. The van der Waals surface area contributed by atoms with Crippen LogP contribution in [0.25, 0.3) is 0 Å². The van der Waals surface area contributed by atoms with Crippen LogP contribution in [0.3, 0.4) is 0 Å². The van der Waals surface area contributed by atoms with Crippen molar-refractivity contribution >= 4 is 11.6 Å². The van der Waals surface area contributed by atoms with Gasteiger partial charge >= 0.3 is 0 Å². The molecule has 0 amide bonds. The molecule has 0 radical (unpaired) electrons. The average molecular weight is 254 g/mol. The molecule has 17 heavy (non-hydrogen) atoms. The van der Waals surface area contributed by atoms with Crippen LogP contribution < -0.4 is 5.32 Å². The molecule has 1 unspecified atom stereocenters. The van der Waals surface area contributed by atoms with Crippen molar-refractivity contribution < 1.29 is 4.74 Å². The van der Waals surface area contributed by atoms with E-state index < -0.39 is 0 Å². The monoisotopic (exact) mass is 253 g/mol. The first-order valence-corrected chi connectivity index (χ1v) is 6.64. The number of nitrogens with one attached hydrogen (secondary N) is 1. The second-order valence-corrected chi connectivity index (χ2v) is 5.13. The fraction of sp³-hybridized carbons (Fsp3) is 0.571. The van der Waals surface area contributed by atoms with Gasteiger partial charge in [-0.3, -0.25) is 0 Å². The Hall–Kier alpha value is -0.570. The van der Waals surface area contributed by atoms with Crippen molar-refractivity contribution in [1.29, 1.82) is 0 Å². The Morgan fingerprint density at radius 3 is 2.94 bits per heavy atom. The second-order valence-electron chi connectivity index (χ2n) is 4.70. The molecule has 1 aliphatic carbocycles. The summed E-state index contributed by atoms with van der Waals surface area (Å²) in [5, 5.41) is 4.30. The first-order chi connectivity index (χ1) is 8.31. The first kappa shape index (κ1) is 12.9. The van der Waals surface area contributed by atoms with E-state index in [0.717, 1.165) is 30.6 Å². The number of benzene rings is 1. The molecule has 2 rings (SSSR count). The summed E-state index contributed by atoms with van der Waals surface area (Å²) in [5.74, 6) is 1.44. The topological polar surface area (TPSA) is 21.3 Å². The highest BCUT2D eigenvalue weighted by Gasteiger charge is 2.31. The quantitative estimate of drug-likeness (QED) is 0.754. The lowest BCUT2D eigenvalue weighted by atomic mass is 9.94. The van der Waals surface area contributed by atoms with E-state index >= 15 is 0 Å². The van der Waals surface area contributed by atoms with Crippen molar-refractivity contribution in [3.8, 4) is 0 Å². The highest BCUT2D eigenvalue weighted by molar-refractivity contribution is 6.30. The molecule has 0 bridgehead atoms. The van der Waals surface area contributed by atoms with E-state index in [1.807, 2.05) is 12.1 Å². The Labute approximate surface area is 108 Å². The fourth-order valence-corrected chi connectivity index (χ4v) is 2.42. The summed E-state index contributed by atoms with van der Waals surface area (Å²) in [7, 11) is 1.73. The zero-order chi connectivity index (χ0) is 12.1. The van der Waals surface area contributed by atoms with Gasteiger partial charge in [0.2, 0.25) is 0 Å². The molecule has 1 atom stereocenters. The number of halogens is 1. The maximum absolute atomic E-state index is 6.06. The molecule has 1 fully saturated rings. The molecule has 1 aliphatic rings. The third-order valence-corrected chi connectivity index (χ3v) is 3.55. The molecule has 1 N–H and O–H groups in total. The van der Waals surface area contributed by atoms with Crippen LogP contribution in [0.4, 0.5) is 0 Å². The lowest BCUT2D eigenvalue weighted by Gasteiger charge is -2.17. The average Bonchev–Trinajstić information content (AvgIpc) is 3.13. The minimum atomic E-state index is 0.602. The second kappa shape index (κ2) is 6.39. The van der Waals surface area contributed by atoms with E-state index in [4.69, 9.17) is 16.3 Å². The van der Waals surface area contributed by atoms with Gasteiger partial charge in [0.1, 0.15) is 0 Å². The van der Waals surface area contributed by atoms with Crippen LogP contribution in [0.15, 0.2) is 24.3 Å². The van der Waals surface area contributed by atoms with E-state index in [2.05, 4.69) is 17.4 Å². The summed E-state index contributed by atoms with van der Waals surface area (Å²) in [5.41, 5.74) is 1.37. The molecule has 0 heterocycles. The molecule has 1 aromatic carbocycles. The summed E-state index contributed by atoms with van der Waals surface area (Å²) in [6.45, 7) is 2.71. The largest absolute Gasteiger partial charge is 0.383 e. The maximum Gasteiger partial charge on any atom is 0.0587 e. The molecular weight excluding hydrogens is 234 g/mol. The van der Waals surface area contributed by atoms with Crippen LogP contribution in [-0.2, 0) is 4.74 Å². The van der Waals surface area contributed by atoms with E-state index in [1.54, 1.807) is 7.11 Å². The van der Waals surface area contributed by atoms with Gasteiger partial charge in [-0.2, -0.15) is 0 Å². The van der Waals surface area contributed by atoms with E-state index in [9.17, 15) is 0 Å². The van der Waals surface area contributed by atoms with Crippen LogP contribution in [0, 0.1) is 5.92 Å². The molecule has 0 aliphatic heterocycles. The Morgan fingerprint density at radius 2 is 2.29 bits per heavy atom. The SMILES string of the molecule is COCCNCC(c1cccc(Cl)c1)C1CC1. The molecule has 3 heteroatoms. The molecule has 94 valence electrons. The van der Waals surface area contributed by atoms with E-state index in [-0.39, 0.29) is 0 Å². The van der Waals surface area contributed by atoms with Gasteiger partial charge < -0.3 is 10.1 Å². The summed E-state index contributed by atoms with van der Waals surface area (Å²) in [6, 6.07) is 8.27. The number of methoxy groups -OCH3 is 1. The summed E-state index contributed by atoms with van der Waals surface area (Å²) in [4.78, 5) is 0. The molecule has 0 spiro atoms. The Balaban J connectivity index is 1.92. The number of hydrogen-bond acceptors (Lipinski definition) is 2. The zero-order valence-corrected chi connectivity index (χ0v) is 11.0. The molecule has 0 saturated heterocycles. The fourth-order valence-electron chi connectivity index (χ4n) is 2.22. The normalized spacial score (nSPS) is 17.1. The maximum atomic E-state index is 6.06. The first-order valence-electron chi connectivity index (χ1n) is 6.26. The van der Waals surface area contributed by atoms with Gasteiger partial charge in [-0.1, -0.05) is 23.7 Å². The molecule has 0 aromatic heterocycles. The Bertz CT molecular complexity index is 352. The highest BCUT2D eigenvalue weighted by atomic mass is 35.5. The number of hydrogen-bond donors (Lipinski definition) is 1. The van der Waals surface area contributed by atoms with Gasteiger partial charge in [-0.05, 0) is 42.4 Å². The van der Waals surface area contributed by atoms with Crippen LogP contribution in [-0.4, -0.2) is 26.8 Å². The van der Waals surface area contributed by atoms with Crippen molar-refractivity contribution in [2.24, 2.45) is 5.92 Å². The minimum absolute atomic E-state index is 0.602. The van der Waals surface area contributed by atoms with Crippen molar-refractivity contribution in [2.75, 3.05) is 26.8 Å². The standard InChI is InChI=1S/C14H20ClNO/c1-17-8-7-16-10-14(11-5-6-11)12-3-2-4-13(15)9-12/h2-4,9,11,14,16H,5-8,10H2,1H3. The molecule has 2 nitrogen and oxygen atoms in total. The zero-order valence-electron chi connectivity index (χ0n) is 10.3. The third kappa shape index (κ3) is 3.98. The van der Waals surface area contributed by atoms with E-state index in [0.29, 0.717) is 5.92 Å². The summed E-state index contributed by atoms with van der Waals surface area (Å²) >= 11 is 6.06. The Morgan fingerprint density at radius 1 is 1.47 bits per heavy atom. The molecular formula is C14H20ClNO. The van der Waals surface area contributed by atoms with E-state index in [1.165, 1.54) is 18.4 Å². The Kier molecular flexibility index (Phi) is 4.84. The van der Waals surface area contributed by atoms with Gasteiger partial charge in [0.15, 0.2) is 0 Å². The van der Waals surface area contributed by atoms with Crippen molar-refractivity contribution in [3.05, 3.63) is 34.9 Å². The van der Waals surface area contributed by atoms with Crippen LogP contribution in [0.5, 0.6) is 0 Å². The van der Waals surface area contributed by atoms with Crippen LogP contribution >= 0.6 is 11.6 Å². The van der Waals surface area contributed by atoms with Crippen LogP contribution in [0.1, 0.15) is 24.3 Å². The minimum Gasteiger partial charge on any atom is -0.383 e. The molecule has 1 saturated carbocycles. The van der Waals surface area contributed by atoms with Gasteiger partial charge in [0, 0.05) is 25.2 Å². The third-order valence-electron chi connectivity index (χ3n) is 3.32. The van der Waals surface area contributed by atoms with Gasteiger partial charge in [-0.25, -0.2) is 0 Å². The van der Waals surface area contributed by atoms with Gasteiger partial charge in [0.05, 0.1) is 6.61 Å². The van der Waals surface area contributed by atoms with Crippen LogP contribution in [0.2, 0.25) is 5.02 Å². The summed E-state index contributed by atoms with van der Waals surface area (Å²) < 4.78 is 5.04. The van der Waals surface area contributed by atoms with Gasteiger partial charge in [0.25, 0.3) is 0 Å². The lowest BCUT2D eigenvalue weighted by Crippen LogP contribution is -2.26. The van der Waals surface area contributed by atoms with Crippen molar-refractivity contribution in [2.45, 2.75) is 18.8 Å². The highest BCUT2D eigenvalue weighted by Crippen LogP contribution is 2.42. The predicted molar refractivity (Wildman–Crippen MR) is 71.7 cm³/mol. The summed E-state index contributed by atoms with van der Waals surface area (Å²) in [6.07, 6.45) is 2.70. The lowest BCUT2D eigenvalue weighted by molar-refractivity contribution is 0.198. The van der Waals surface area contributed by atoms with Gasteiger partial charge in [-0.15, -0.1) is 0 Å². The molecule has 1 aromatic rings. The predicted octanol–water partition coefficient (Wildman–Crippen LogP) is 3.07.